The molecule has 0 atom stereocenters. The van der Waals surface area contributed by atoms with Crippen molar-refractivity contribution in [3.8, 4) is 11.7 Å². The number of hydrogen-bond donors (Lipinski definition) is 2. The second kappa shape index (κ2) is 3.37. The van der Waals surface area contributed by atoms with Gasteiger partial charge in [-0.05, 0) is 5.25 Å². The highest BCUT2D eigenvalue weighted by atomic mass is 32.2. The Kier molecular flexibility index (Phi) is 2.98. The van der Waals surface area contributed by atoms with Gasteiger partial charge in [0.1, 0.15) is 0 Å². The van der Waals surface area contributed by atoms with Gasteiger partial charge in [-0.2, -0.15) is 5.10 Å². The number of thioether (sulfide) groups is 1. The van der Waals surface area contributed by atoms with Crippen LogP contribution in [0.15, 0.2) is 5.10 Å². The molecule has 0 aromatic heterocycles. The van der Waals surface area contributed by atoms with Gasteiger partial charge >= 0.3 is 0 Å². The van der Waals surface area contributed by atoms with E-state index in [1.807, 2.05) is 0 Å². The molecule has 0 aliphatic heterocycles. The van der Waals surface area contributed by atoms with E-state index in [9.17, 15) is 0 Å². The molecular formula is C3H5N3S. The topological polar surface area (TPSA) is 64.4 Å². The Hall–Kier alpha value is -0.820. The summed E-state index contributed by atoms with van der Waals surface area (Å²) in [5, 5.41) is 5.50. The molecule has 0 heterocycles. The van der Waals surface area contributed by atoms with E-state index in [1.165, 1.54) is 0 Å². The minimum Gasteiger partial charge on any atom is -0.376 e. The van der Waals surface area contributed by atoms with Crippen molar-refractivity contribution in [2.75, 3.05) is 0 Å². The maximum Gasteiger partial charge on any atom is 0.190 e. The minimum atomic E-state index is 0.211. The summed E-state index contributed by atoms with van der Waals surface area (Å²) in [5.41, 5.74) is 5.03. The van der Waals surface area contributed by atoms with Gasteiger partial charge in [-0.25, -0.2) is 0 Å². The first-order valence-electron chi connectivity index (χ1n) is 1.47. The van der Waals surface area contributed by atoms with Crippen LogP contribution in [0.25, 0.3) is 0 Å². The van der Waals surface area contributed by atoms with Gasteiger partial charge < -0.3 is 11.6 Å². The summed E-state index contributed by atoms with van der Waals surface area (Å²) in [5.74, 6) is 4.70. The molecule has 7 heavy (non-hydrogen) atoms. The van der Waals surface area contributed by atoms with E-state index in [-0.39, 0.29) is 5.17 Å². The largest absolute Gasteiger partial charge is 0.376 e. The van der Waals surface area contributed by atoms with Gasteiger partial charge in [0.25, 0.3) is 0 Å². The molecule has 0 aromatic carbocycles. The third-order valence-corrected chi connectivity index (χ3v) is 0.723. The fourth-order valence-corrected chi connectivity index (χ4v) is 0.260. The van der Waals surface area contributed by atoms with E-state index >= 15 is 0 Å². The van der Waals surface area contributed by atoms with Gasteiger partial charge in [0, 0.05) is 11.8 Å². The molecule has 0 rings (SSSR count). The first kappa shape index (κ1) is 6.18. The Morgan fingerprint density at radius 2 is 2.43 bits per heavy atom. The normalized spacial score (nSPS) is 10.4. The van der Waals surface area contributed by atoms with E-state index in [0.717, 1.165) is 11.8 Å². The highest BCUT2D eigenvalue weighted by molar-refractivity contribution is 8.17. The summed E-state index contributed by atoms with van der Waals surface area (Å²) in [7, 11) is 0. The fourth-order valence-electron chi connectivity index (χ4n) is 0.0867. The summed E-state index contributed by atoms with van der Waals surface area (Å²) in [6.45, 7) is 0. The minimum absolute atomic E-state index is 0.211. The molecule has 0 aromatic rings. The van der Waals surface area contributed by atoms with Crippen LogP contribution in [0, 0.1) is 11.7 Å². The number of hydrazone groups is 1. The number of nitrogens with two attached hydrogens (primary N) is 2. The Bertz CT molecular complexity index is 112. The lowest BCUT2D eigenvalue weighted by molar-refractivity contribution is 1.25. The Morgan fingerprint density at radius 1 is 1.86 bits per heavy atom. The van der Waals surface area contributed by atoms with E-state index in [1.54, 1.807) is 0 Å². The zero-order valence-electron chi connectivity index (χ0n) is 3.59. The Morgan fingerprint density at radius 3 is 2.57 bits per heavy atom. The highest BCUT2D eigenvalue weighted by Gasteiger charge is 1.81. The number of hydrogen-bond acceptors (Lipinski definition) is 3. The first-order chi connectivity index (χ1) is 3.31. The quantitative estimate of drug-likeness (QED) is 0.147. The molecule has 0 fully saturated rings. The fraction of sp³-hybridized carbons (Fsp3) is 0. The van der Waals surface area contributed by atoms with Gasteiger partial charge in [0.15, 0.2) is 5.17 Å². The van der Waals surface area contributed by atoms with Crippen LogP contribution in [0.1, 0.15) is 0 Å². The lowest BCUT2D eigenvalue weighted by atomic mass is 11.3. The molecule has 0 amide bonds. The van der Waals surface area contributed by atoms with E-state index in [0.29, 0.717) is 0 Å². The molecule has 0 spiro atoms. The maximum atomic E-state index is 5.03. The van der Waals surface area contributed by atoms with Crippen LogP contribution in [0.4, 0.5) is 0 Å². The Balaban J connectivity index is 3.43. The first-order valence-corrected chi connectivity index (χ1v) is 2.28. The molecule has 4 heteroatoms. The summed E-state index contributed by atoms with van der Waals surface area (Å²) >= 11 is 0.962. The maximum absolute atomic E-state index is 5.03. The summed E-state index contributed by atoms with van der Waals surface area (Å²) in [4.78, 5) is 0. The Labute approximate surface area is 46.1 Å². The van der Waals surface area contributed by atoms with Crippen molar-refractivity contribution in [1.29, 1.82) is 0 Å². The molecule has 4 N–H and O–H groups in total. The van der Waals surface area contributed by atoms with Gasteiger partial charge in [-0.3, -0.25) is 0 Å². The molecular weight excluding hydrogens is 110 g/mol. The van der Waals surface area contributed by atoms with Crippen molar-refractivity contribution in [3.05, 3.63) is 0 Å². The van der Waals surface area contributed by atoms with Gasteiger partial charge in [-0.15, -0.1) is 6.42 Å². The molecule has 0 unspecified atom stereocenters. The van der Waals surface area contributed by atoms with Crippen molar-refractivity contribution < 1.29 is 0 Å². The molecule has 0 saturated carbocycles. The number of rotatable bonds is 0. The molecule has 3 nitrogen and oxygen atoms in total. The number of terminal acetylenes is 1. The zero-order chi connectivity index (χ0) is 5.70. The average molecular weight is 115 g/mol. The molecule has 0 saturated heterocycles. The van der Waals surface area contributed by atoms with Crippen molar-refractivity contribution in [3.63, 3.8) is 0 Å². The monoisotopic (exact) mass is 115 g/mol. The van der Waals surface area contributed by atoms with Crippen molar-refractivity contribution in [2.45, 2.75) is 0 Å². The highest BCUT2D eigenvalue weighted by Crippen LogP contribution is 1.91. The number of amidine groups is 1. The predicted molar refractivity (Wildman–Crippen MR) is 32.2 cm³/mol. The third kappa shape index (κ3) is 3.00. The van der Waals surface area contributed by atoms with E-state index in [4.69, 9.17) is 18.0 Å². The lowest BCUT2D eigenvalue weighted by Gasteiger charge is -1.83. The molecule has 0 bridgehead atoms. The van der Waals surface area contributed by atoms with Gasteiger partial charge in [0.2, 0.25) is 0 Å². The third-order valence-electron chi connectivity index (χ3n) is 0.291. The van der Waals surface area contributed by atoms with Crippen LogP contribution in [-0.2, 0) is 0 Å². The van der Waals surface area contributed by atoms with Crippen molar-refractivity contribution >= 4 is 16.9 Å². The standard InChI is InChI=1S/C3H5N3S/c1-2-7-3(4)6-5/h1H,5H2,(H2,4,6). The SMILES string of the molecule is C#CSC(N)=NN. The molecule has 0 aliphatic rings. The van der Waals surface area contributed by atoms with Crippen LogP contribution in [0.5, 0.6) is 0 Å². The van der Waals surface area contributed by atoms with Crippen molar-refractivity contribution in [1.82, 2.24) is 0 Å². The summed E-state index contributed by atoms with van der Waals surface area (Å²) < 4.78 is 0. The second-order valence-corrected chi connectivity index (χ2v) is 1.55. The smallest absolute Gasteiger partial charge is 0.190 e. The summed E-state index contributed by atoms with van der Waals surface area (Å²) in [6, 6.07) is 0. The van der Waals surface area contributed by atoms with Crippen molar-refractivity contribution in [2.24, 2.45) is 16.7 Å². The average Bonchev–Trinajstić information content (AvgIpc) is 1.68. The lowest BCUT2D eigenvalue weighted by Crippen LogP contribution is -2.07. The summed E-state index contributed by atoms with van der Waals surface area (Å²) in [6.07, 6.45) is 4.80. The molecule has 0 aliphatic carbocycles. The zero-order valence-corrected chi connectivity index (χ0v) is 4.40. The van der Waals surface area contributed by atoms with Gasteiger partial charge in [-0.1, -0.05) is 0 Å². The van der Waals surface area contributed by atoms with Crippen LogP contribution < -0.4 is 11.6 Å². The molecule has 0 radical (unpaired) electrons. The van der Waals surface area contributed by atoms with Crippen LogP contribution >= 0.6 is 11.8 Å². The molecule has 38 valence electrons. The van der Waals surface area contributed by atoms with Crippen LogP contribution in [-0.4, -0.2) is 5.17 Å². The van der Waals surface area contributed by atoms with Crippen LogP contribution in [0.2, 0.25) is 0 Å². The van der Waals surface area contributed by atoms with E-state index in [2.05, 4.69) is 10.4 Å². The number of nitrogens with zero attached hydrogens (tertiary/aromatic N) is 1. The van der Waals surface area contributed by atoms with Crippen LogP contribution in [0.3, 0.4) is 0 Å². The predicted octanol–water partition coefficient (Wildman–Crippen LogP) is -0.501. The second-order valence-electron chi connectivity index (χ2n) is 0.687. The van der Waals surface area contributed by atoms with E-state index < -0.39 is 0 Å². The van der Waals surface area contributed by atoms with Gasteiger partial charge in [0.05, 0.1) is 0 Å².